The van der Waals surface area contributed by atoms with E-state index in [0.717, 1.165) is 6.42 Å². The first-order valence-corrected chi connectivity index (χ1v) is 5.84. The predicted molar refractivity (Wildman–Crippen MR) is 65.2 cm³/mol. The second kappa shape index (κ2) is 9.40. The minimum absolute atomic E-state index is 1.12. The van der Waals surface area contributed by atoms with Crippen LogP contribution in [0.3, 0.4) is 0 Å². The smallest absolute Gasteiger partial charge is 0.00671 e. The first kappa shape index (κ1) is 12.3. The lowest BCUT2D eigenvalue weighted by molar-refractivity contribution is 0.939. The van der Waals surface area contributed by atoms with Crippen LogP contribution in [0.25, 0.3) is 0 Å². The summed E-state index contributed by atoms with van der Waals surface area (Å²) in [7, 11) is 0. The van der Waals surface area contributed by atoms with Crippen molar-refractivity contribution in [2.75, 3.05) is 12.0 Å². The van der Waals surface area contributed by atoms with Crippen LogP contribution in [0.2, 0.25) is 0 Å². The average Bonchev–Trinajstić information content (AvgIpc) is 2.14. The zero-order valence-corrected chi connectivity index (χ0v) is 9.15. The summed E-state index contributed by atoms with van der Waals surface area (Å²) < 4.78 is 0. The van der Waals surface area contributed by atoms with Gasteiger partial charge in [-0.05, 0) is 30.4 Å². The third-order valence-corrected chi connectivity index (χ3v) is 2.29. The van der Waals surface area contributed by atoms with Gasteiger partial charge in [-0.25, -0.2) is 0 Å². The van der Waals surface area contributed by atoms with Crippen molar-refractivity contribution in [3.05, 3.63) is 49.1 Å². The lowest BCUT2D eigenvalue weighted by Gasteiger charge is -1.99. The Morgan fingerprint density at radius 3 is 2.62 bits per heavy atom. The van der Waals surface area contributed by atoms with E-state index in [9.17, 15) is 0 Å². The Kier molecular flexibility index (Phi) is 8.90. The van der Waals surface area contributed by atoms with E-state index < -0.39 is 0 Å². The van der Waals surface area contributed by atoms with Crippen molar-refractivity contribution in [3.8, 4) is 0 Å². The minimum Gasteiger partial charge on any atom is -0.165 e. The van der Waals surface area contributed by atoms with Crippen LogP contribution in [-0.2, 0) is 0 Å². The summed E-state index contributed by atoms with van der Waals surface area (Å²) in [4.78, 5) is 0. The van der Waals surface area contributed by atoms with Crippen molar-refractivity contribution in [1.82, 2.24) is 0 Å². The second-order valence-electron chi connectivity index (χ2n) is 2.67. The maximum Gasteiger partial charge on any atom is -0.00671 e. The van der Waals surface area contributed by atoms with Gasteiger partial charge < -0.3 is 0 Å². The topological polar surface area (TPSA) is 0 Å². The molecule has 0 aliphatic rings. The Hall–Kier alpha value is -0.690. The normalized spacial score (nSPS) is 11.9. The average molecular weight is 194 g/mol. The van der Waals surface area contributed by atoms with Crippen LogP contribution in [0, 0.1) is 0 Å². The number of hydrogen-bond acceptors (Lipinski definition) is 1. The molecule has 0 heterocycles. The van der Waals surface area contributed by atoms with Crippen molar-refractivity contribution in [3.63, 3.8) is 0 Å². The molecule has 0 saturated carbocycles. The summed E-state index contributed by atoms with van der Waals surface area (Å²) in [5.41, 5.74) is 1.32. The molecule has 0 N–H and O–H groups in total. The first-order valence-electron chi connectivity index (χ1n) is 4.44. The molecule has 0 saturated heterocycles. The summed E-state index contributed by atoms with van der Waals surface area (Å²) in [6, 6.07) is 0. The van der Waals surface area contributed by atoms with Gasteiger partial charge >= 0.3 is 0 Å². The summed E-state index contributed by atoms with van der Waals surface area (Å²) >= 11 is 1.89. The van der Waals surface area contributed by atoms with Crippen LogP contribution in [-0.4, -0.2) is 12.0 Å². The lowest BCUT2D eigenvalue weighted by Crippen LogP contribution is -1.82. The van der Waals surface area contributed by atoms with Crippen LogP contribution < -0.4 is 0 Å². The van der Waals surface area contributed by atoms with Gasteiger partial charge in [0, 0.05) is 0 Å². The van der Waals surface area contributed by atoms with Crippen LogP contribution in [0.5, 0.6) is 0 Å². The van der Waals surface area contributed by atoms with Gasteiger partial charge in [-0.2, -0.15) is 11.8 Å². The Bertz CT molecular complexity index is 199. The lowest BCUT2D eigenvalue weighted by atomic mass is 10.1. The van der Waals surface area contributed by atoms with Gasteiger partial charge in [-0.1, -0.05) is 43.5 Å². The highest BCUT2D eigenvalue weighted by atomic mass is 32.2. The molecule has 0 aliphatic heterocycles. The second-order valence-corrected chi connectivity index (χ2v) is 3.65. The Morgan fingerprint density at radius 2 is 2.08 bits per heavy atom. The molecule has 0 aliphatic carbocycles. The Morgan fingerprint density at radius 1 is 1.31 bits per heavy atom. The Labute approximate surface area is 86.1 Å². The van der Waals surface area contributed by atoms with Gasteiger partial charge in [0.05, 0.1) is 0 Å². The molecule has 0 bridgehead atoms. The molecule has 0 spiro atoms. The molecule has 0 rings (SSSR count). The SMILES string of the molecule is C=C/C=C\C(=C/C=C)CCCSC. The van der Waals surface area contributed by atoms with E-state index in [1.54, 1.807) is 6.08 Å². The van der Waals surface area contributed by atoms with Gasteiger partial charge in [-0.3, -0.25) is 0 Å². The van der Waals surface area contributed by atoms with Gasteiger partial charge in [0.2, 0.25) is 0 Å². The molecule has 0 amide bonds. The van der Waals surface area contributed by atoms with Gasteiger partial charge in [0.1, 0.15) is 0 Å². The number of hydrogen-bond donors (Lipinski definition) is 0. The van der Waals surface area contributed by atoms with E-state index in [2.05, 4.69) is 31.6 Å². The minimum atomic E-state index is 1.12. The van der Waals surface area contributed by atoms with E-state index in [1.807, 2.05) is 23.9 Å². The largest absolute Gasteiger partial charge is 0.165 e. The van der Waals surface area contributed by atoms with Crippen molar-refractivity contribution >= 4 is 11.8 Å². The molecule has 0 atom stereocenters. The summed E-state index contributed by atoms with van der Waals surface area (Å²) in [5.74, 6) is 1.22. The van der Waals surface area contributed by atoms with E-state index in [4.69, 9.17) is 0 Å². The molecule has 13 heavy (non-hydrogen) atoms. The Balaban J connectivity index is 3.95. The molecular formula is C12H18S. The third kappa shape index (κ3) is 7.66. The van der Waals surface area contributed by atoms with Crippen LogP contribution >= 0.6 is 11.8 Å². The maximum absolute atomic E-state index is 3.70. The van der Waals surface area contributed by atoms with E-state index in [0.29, 0.717) is 0 Å². The molecule has 0 aromatic carbocycles. The fourth-order valence-corrected chi connectivity index (χ4v) is 1.42. The van der Waals surface area contributed by atoms with Crippen LogP contribution in [0.15, 0.2) is 49.1 Å². The third-order valence-electron chi connectivity index (χ3n) is 1.59. The predicted octanol–water partition coefficient (Wildman–Crippen LogP) is 3.98. The zero-order valence-electron chi connectivity index (χ0n) is 8.33. The summed E-state index contributed by atoms with van der Waals surface area (Å²) in [5, 5.41) is 0. The van der Waals surface area contributed by atoms with Crippen molar-refractivity contribution in [1.29, 1.82) is 0 Å². The molecule has 0 radical (unpaired) electrons. The molecule has 0 unspecified atom stereocenters. The monoisotopic (exact) mass is 194 g/mol. The maximum atomic E-state index is 3.70. The standard InChI is InChI=1S/C12H18S/c1-4-6-9-12(8-5-2)10-7-11-13-3/h4-6,8-9H,1-2,7,10-11H2,3H3/b9-6-,12-8+. The fourth-order valence-electron chi connectivity index (χ4n) is 0.986. The molecular weight excluding hydrogens is 176 g/mol. The molecule has 1 heteroatoms. The number of allylic oxidation sites excluding steroid dienone is 6. The molecule has 72 valence electrons. The fraction of sp³-hybridized carbons (Fsp3) is 0.333. The molecule has 0 aromatic rings. The molecule has 0 fully saturated rings. The highest BCUT2D eigenvalue weighted by Crippen LogP contribution is 2.09. The summed E-state index contributed by atoms with van der Waals surface area (Å²) in [6.07, 6.45) is 14.2. The van der Waals surface area contributed by atoms with E-state index in [-0.39, 0.29) is 0 Å². The van der Waals surface area contributed by atoms with E-state index in [1.165, 1.54) is 17.7 Å². The number of thioether (sulfide) groups is 1. The zero-order chi connectivity index (χ0) is 9.94. The number of rotatable bonds is 7. The van der Waals surface area contributed by atoms with Gasteiger partial charge in [-0.15, -0.1) is 0 Å². The van der Waals surface area contributed by atoms with E-state index >= 15 is 0 Å². The van der Waals surface area contributed by atoms with Crippen molar-refractivity contribution < 1.29 is 0 Å². The van der Waals surface area contributed by atoms with Gasteiger partial charge in [0.25, 0.3) is 0 Å². The molecule has 0 aromatic heterocycles. The first-order chi connectivity index (χ1) is 6.35. The quantitative estimate of drug-likeness (QED) is 0.436. The van der Waals surface area contributed by atoms with Crippen LogP contribution in [0.1, 0.15) is 12.8 Å². The van der Waals surface area contributed by atoms with Crippen molar-refractivity contribution in [2.24, 2.45) is 0 Å². The highest BCUT2D eigenvalue weighted by molar-refractivity contribution is 7.98. The molecule has 0 nitrogen and oxygen atoms in total. The van der Waals surface area contributed by atoms with Crippen molar-refractivity contribution in [2.45, 2.75) is 12.8 Å². The summed E-state index contributed by atoms with van der Waals surface area (Å²) in [6.45, 7) is 7.34. The van der Waals surface area contributed by atoms with Gasteiger partial charge in [0.15, 0.2) is 0 Å². The van der Waals surface area contributed by atoms with Crippen LogP contribution in [0.4, 0.5) is 0 Å². The highest BCUT2D eigenvalue weighted by Gasteiger charge is 1.90.